The number of carbonyl (C=O) groups is 1. The van der Waals surface area contributed by atoms with Crippen molar-refractivity contribution in [1.29, 1.82) is 0 Å². The monoisotopic (exact) mass is 373 g/mol. The molecule has 0 aliphatic carbocycles. The van der Waals surface area contributed by atoms with Gasteiger partial charge in [0.2, 0.25) is 0 Å². The van der Waals surface area contributed by atoms with Crippen molar-refractivity contribution in [3.05, 3.63) is 47.5 Å². The average molecular weight is 373 g/mol. The summed E-state index contributed by atoms with van der Waals surface area (Å²) in [7, 11) is 5.20. The van der Waals surface area contributed by atoms with E-state index in [1.165, 1.54) is 0 Å². The molecule has 1 unspecified atom stereocenters. The van der Waals surface area contributed by atoms with Crippen molar-refractivity contribution >= 4 is 11.6 Å². The first-order valence-electron chi connectivity index (χ1n) is 9.02. The Balaban J connectivity index is 1.98. The third kappa shape index (κ3) is 5.89. The maximum Gasteiger partial charge on any atom is 0.279 e. The number of methoxy groups -OCH3 is 2. The smallest absolute Gasteiger partial charge is 0.279 e. The van der Waals surface area contributed by atoms with Crippen LogP contribution in [0.25, 0.3) is 0 Å². The highest BCUT2D eigenvalue weighted by Crippen LogP contribution is 2.28. The third-order valence-electron chi connectivity index (χ3n) is 4.13. The van der Waals surface area contributed by atoms with Crippen molar-refractivity contribution < 1.29 is 23.9 Å². The van der Waals surface area contributed by atoms with E-state index in [9.17, 15) is 4.79 Å². The van der Waals surface area contributed by atoms with Crippen LogP contribution < -0.4 is 24.4 Å². The number of hydrogen-bond acceptors (Lipinski definition) is 4. The van der Waals surface area contributed by atoms with Gasteiger partial charge in [0.15, 0.2) is 18.0 Å². The molecule has 2 rings (SSSR count). The highest BCUT2D eigenvalue weighted by Gasteiger charge is 2.14. The lowest BCUT2D eigenvalue weighted by Crippen LogP contribution is -3.08. The fourth-order valence-electron chi connectivity index (χ4n) is 2.90. The van der Waals surface area contributed by atoms with Gasteiger partial charge in [0.05, 0.1) is 33.6 Å². The van der Waals surface area contributed by atoms with Gasteiger partial charge in [-0.15, -0.1) is 0 Å². The lowest BCUT2D eigenvalue weighted by molar-refractivity contribution is -0.885. The third-order valence-corrected chi connectivity index (χ3v) is 4.13. The van der Waals surface area contributed by atoms with Gasteiger partial charge in [0.1, 0.15) is 12.3 Å². The first-order chi connectivity index (χ1) is 13.0. The standard InChI is InChI=1S/C21H28N2O4/c1-6-27-19-10-8-16(12-20(19)26-5)13-23(3)14-21(24)22-17-11-15(2)7-9-18(17)25-4/h7-12H,6,13-14H2,1-5H3,(H,22,24)/p+1. The number of ether oxygens (including phenoxy) is 3. The predicted octanol–water partition coefficient (Wildman–Crippen LogP) is 2.06. The summed E-state index contributed by atoms with van der Waals surface area (Å²) in [6, 6.07) is 11.6. The van der Waals surface area contributed by atoms with E-state index in [2.05, 4.69) is 5.32 Å². The Bertz CT molecular complexity index is 777. The minimum absolute atomic E-state index is 0.0608. The highest BCUT2D eigenvalue weighted by atomic mass is 16.5. The van der Waals surface area contributed by atoms with Crippen LogP contribution in [0.3, 0.4) is 0 Å². The number of benzene rings is 2. The van der Waals surface area contributed by atoms with Gasteiger partial charge < -0.3 is 24.4 Å². The van der Waals surface area contributed by atoms with Gasteiger partial charge in [-0.25, -0.2) is 0 Å². The Hall–Kier alpha value is -2.73. The lowest BCUT2D eigenvalue weighted by atomic mass is 10.2. The van der Waals surface area contributed by atoms with E-state index in [4.69, 9.17) is 14.2 Å². The predicted molar refractivity (Wildman–Crippen MR) is 106 cm³/mol. The van der Waals surface area contributed by atoms with Crippen molar-refractivity contribution in [3.63, 3.8) is 0 Å². The molecule has 0 aliphatic heterocycles. The Morgan fingerprint density at radius 2 is 1.74 bits per heavy atom. The van der Waals surface area contributed by atoms with E-state index in [1.807, 2.05) is 57.3 Å². The van der Waals surface area contributed by atoms with Crippen molar-refractivity contribution in [3.8, 4) is 17.2 Å². The Morgan fingerprint density at radius 1 is 1.04 bits per heavy atom. The molecule has 0 aliphatic rings. The van der Waals surface area contributed by atoms with E-state index in [0.717, 1.165) is 21.8 Å². The van der Waals surface area contributed by atoms with Crippen molar-refractivity contribution in [2.45, 2.75) is 20.4 Å². The highest BCUT2D eigenvalue weighted by molar-refractivity contribution is 5.93. The number of carbonyl (C=O) groups excluding carboxylic acids is 1. The van der Waals surface area contributed by atoms with Gasteiger partial charge in [0.25, 0.3) is 5.91 Å². The van der Waals surface area contributed by atoms with Crippen LogP contribution in [0.1, 0.15) is 18.1 Å². The second kappa shape index (κ2) is 9.83. The van der Waals surface area contributed by atoms with Crippen LogP contribution in [0.5, 0.6) is 17.2 Å². The summed E-state index contributed by atoms with van der Waals surface area (Å²) in [5, 5.41) is 2.94. The molecule has 27 heavy (non-hydrogen) atoms. The van der Waals surface area contributed by atoms with Crippen LogP contribution in [0.4, 0.5) is 5.69 Å². The van der Waals surface area contributed by atoms with Crippen LogP contribution in [-0.4, -0.2) is 40.3 Å². The number of rotatable bonds is 9. The fourth-order valence-corrected chi connectivity index (χ4v) is 2.90. The number of likely N-dealkylation sites (N-methyl/N-ethyl adjacent to an activating group) is 1. The molecule has 146 valence electrons. The summed E-state index contributed by atoms with van der Waals surface area (Å²) in [6.45, 7) is 5.54. The first kappa shape index (κ1) is 20.6. The second-order valence-corrected chi connectivity index (χ2v) is 6.48. The van der Waals surface area contributed by atoms with Gasteiger partial charge in [-0.05, 0) is 49.7 Å². The molecular weight excluding hydrogens is 344 g/mol. The zero-order chi connectivity index (χ0) is 19.8. The number of aryl methyl sites for hydroxylation is 1. The van der Waals surface area contributed by atoms with Crippen LogP contribution in [-0.2, 0) is 11.3 Å². The van der Waals surface area contributed by atoms with E-state index in [-0.39, 0.29) is 5.91 Å². The molecule has 0 saturated heterocycles. The molecule has 0 saturated carbocycles. The van der Waals surface area contributed by atoms with E-state index in [0.29, 0.717) is 36.9 Å². The Labute approximate surface area is 161 Å². The van der Waals surface area contributed by atoms with Gasteiger partial charge in [0, 0.05) is 5.56 Å². The number of amides is 1. The molecule has 0 heterocycles. The lowest BCUT2D eigenvalue weighted by Gasteiger charge is -2.16. The van der Waals surface area contributed by atoms with Crippen molar-refractivity contribution in [2.24, 2.45) is 0 Å². The van der Waals surface area contributed by atoms with Crippen LogP contribution >= 0.6 is 0 Å². The topological polar surface area (TPSA) is 61.2 Å². The molecule has 2 aromatic carbocycles. The number of hydrogen-bond donors (Lipinski definition) is 2. The first-order valence-corrected chi connectivity index (χ1v) is 9.02. The summed E-state index contributed by atoms with van der Waals surface area (Å²) in [5.41, 5.74) is 2.83. The molecule has 1 atom stereocenters. The van der Waals surface area contributed by atoms with E-state index in [1.54, 1.807) is 14.2 Å². The van der Waals surface area contributed by atoms with Crippen LogP contribution in [0, 0.1) is 6.92 Å². The zero-order valence-corrected chi connectivity index (χ0v) is 16.7. The van der Waals surface area contributed by atoms with Crippen molar-refractivity contribution in [1.82, 2.24) is 0 Å². The van der Waals surface area contributed by atoms with Crippen LogP contribution in [0.15, 0.2) is 36.4 Å². The van der Waals surface area contributed by atoms with Gasteiger partial charge in [-0.3, -0.25) is 4.79 Å². The largest absolute Gasteiger partial charge is 0.495 e. The summed E-state index contributed by atoms with van der Waals surface area (Å²) in [4.78, 5) is 13.5. The Morgan fingerprint density at radius 3 is 2.41 bits per heavy atom. The molecule has 0 radical (unpaired) electrons. The molecular formula is C21H29N2O4+. The molecule has 0 aromatic heterocycles. The quantitative estimate of drug-likeness (QED) is 0.706. The molecule has 0 fully saturated rings. The van der Waals surface area contributed by atoms with Gasteiger partial charge >= 0.3 is 0 Å². The van der Waals surface area contributed by atoms with E-state index >= 15 is 0 Å². The number of quaternary nitrogens is 1. The molecule has 0 bridgehead atoms. The molecule has 2 aromatic rings. The molecule has 0 spiro atoms. The summed E-state index contributed by atoms with van der Waals surface area (Å²) in [6.07, 6.45) is 0. The minimum Gasteiger partial charge on any atom is -0.495 e. The summed E-state index contributed by atoms with van der Waals surface area (Å²) < 4.78 is 16.2. The molecule has 6 nitrogen and oxygen atoms in total. The summed E-state index contributed by atoms with van der Waals surface area (Å²) >= 11 is 0. The zero-order valence-electron chi connectivity index (χ0n) is 16.7. The summed E-state index contributed by atoms with van der Waals surface area (Å²) in [5.74, 6) is 2.03. The van der Waals surface area contributed by atoms with Crippen molar-refractivity contribution in [2.75, 3.05) is 39.7 Å². The number of nitrogens with one attached hydrogen (secondary N) is 2. The maximum absolute atomic E-state index is 12.4. The van der Waals surface area contributed by atoms with Gasteiger partial charge in [-0.2, -0.15) is 0 Å². The van der Waals surface area contributed by atoms with Gasteiger partial charge in [-0.1, -0.05) is 6.07 Å². The second-order valence-electron chi connectivity index (χ2n) is 6.48. The molecule has 2 N–H and O–H groups in total. The van der Waals surface area contributed by atoms with E-state index < -0.39 is 0 Å². The van der Waals surface area contributed by atoms with Crippen LogP contribution in [0.2, 0.25) is 0 Å². The molecule has 1 amide bonds. The normalized spacial score (nSPS) is 11.6. The average Bonchev–Trinajstić information content (AvgIpc) is 2.63. The SMILES string of the molecule is CCOc1ccc(C[NH+](C)CC(=O)Nc2cc(C)ccc2OC)cc1OC. The Kier molecular flexibility index (Phi) is 7.49. The maximum atomic E-state index is 12.4. The number of anilines is 1. The minimum atomic E-state index is -0.0608. The fraction of sp³-hybridized carbons (Fsp3) is 0.381. The molecule has 6 heteroatoms.